The molecule has 0 spiro atoms. The van der Waals surface area contributed by atoms with Crippen LogP contribution in [-0.2, 0) is 39.8 Å². The van der Waals surface area contributed by atoms with E-state index in [9.17, 15) is 24.3 Å². The van der Waals surface area contributed by atoms with Gasteiger partial charge in [0.2, 0.25) is 5.91 Å². The van der Waals surface area contributed by atoms with Crippen molar-refractivity contribution in [1.82, 2.24) is 14.8 Å². The molecule has 3 rings (SSSR count). The van der Waals surface area contributed by atoms with E-state index in [2.05, 4.69) is 5.32 Å². The summed E-state index contributed by atoms with van der Waals surface area (Å²) in [5.74, 6) is -2.01. The van der Waals surface area contributed by atoms with Crippen LogP contribution in [0.1, 0.15) is 42.6 Å². The molecule has 2 amide bonds. The number of aliphatic carboxylic acids is 1. The van der Waals surface area contributed by atoms with Gasteiger partial charge in [0.1, 0.15) is 29.8 Å². The number of carboxylic acids is 1. The van der Waals surface area contributed by atoms with E-state index in [-0.39, 0.29) is 31.0 Å². The third-order valence-corrected chi connectivity index (χ3v) is 8.05. The maximum atomic E-state index is 12.9. The lowest BCUT2D eigenvalue weighted by Gasteiger charge is -2.26. The largest absolute Gasteiger partial charge is 0.548 e. The summed E-state index contributed by atoms with van der Waals surface area (Å²) in [6, 6.07) is 7.02. The number of Topliss-reactive ketones (excluding diaryl/α,β-unsaturated/α-hetero) is 1. The molecule has 200 valence electrons. The van der Waals surface area contributed by atoms with E-state index in [0.717, 1.165) is 22.1 Å². The van der Waals surface area contributed by atoms with Crippen molar-refractivity contribution in [2.24, 2.45) is 14.1 Å². The highest BCUT2D eigenvalue weighted by Crippen LogP contribution is 2.20. The van der Waals surface area contributed by atoms with Crippen molar-refractivity contribution in [3.8, 4) is 0 Å². The monoisotopic (exact) mass is 530 g/mol. The van der Waals surface area contributed by atoms with Crippen LogP contribution < -0.4 is 15.0 Å². The van der Waals surface area contributed by atoms with Crippen LogP contribution in [0.3, 0.4) is 0 Å². The van der Waals surface area contributed by atoms with Crippen LogP contribution in [0.25, 0.3) is 0 Å². The molecule has 1 aromatic heterocycles. The molecule has 10 nitrogen and oxygen atoms in total. The van der Waals surface area contributed by atoms with Crippen molar-refractivity contribution < 1.29 is 33.6 Å². The maximum Gasteiger partial charge on any atom is 0.410 e. The summed E-state index contributed by atoms with van der Waals surface area (Å²) >= 11 is 1.39. The summed E-state index contributed by atoms with van der Waals surface area (Å²) in [7, 11) is 3.86. The van der Waals surface area contributed by atoms with E-state index in [1.807, 2.05) is 67.4 Å². The van der Waals surface area contributed by atoms with Crippen LogP contribution >= 0.6 is 11.8 Å². The summed E-state index contributed by atoms with van der Waals surface area (Å²) < 4.78 is 9.36. The third kappa shape index (κ3) is 7.12. The molecule has 0 bridgehead atoms. The van der Waals surface area contributed by atoms with Gasteiger partial charge in [-0.2, -0.15) is 0 Å². The minimum Gasteiger partial charge on any atom is -0.548 e. The second kappa shape index (κ2) is 12.8. The molecule has 0 radical (unpaired) electrons. The van der Waals surface area contributed by atoms with Gasteiger partial charge in [-0.1, -0.05) is 30.3 Å². The number of benzene rings is 1. The average molecular weight is 531 g/mol. The molecule has 1 N–H and O–H groups in total. The Bertz CT molecular complexity index is 1120. The molecule has 1 aromatic carbocycles. The van der Waals surface area contributed by atoms with Crippen molar-refractivity contribution in [1.29, 1.82) is 0 Å². The molecule has 1 fully saturated rings. The van der Waals surface area contributed by atoms with Gasteiger partial charge in [-0.25, -0.2) is 13.9 Å². The van der Waals surface area contributed by atoms with Gasteiger partial charge in [-0.3, -0.25) is 14.5 Å². The van der Waals surface area contributed by atoms with Crippen LogP contribution in [-0.4, -0.2) is 57.6 Å². The van der Waals surface area contributed by atoms with Crippen LogP contribution in [0.2, 0.25) is 0 Å². The number of nitrogens with zero attached hydrogens (tertiary/aromatic N) is 3. The van der Waals surface area contributed by atoms with Gasteiger partial charge >= 0.3 is 11.2 Å². The number of hydrogen-bond donors (Lipinski definition) is 1. The van der Waals surface area contributed by atoms with Gasteiger partial charge in [0.15, 0.2) is 0 Å². The van der Waals surface area contributed by atoms with Gasteiger partial charge in [-0.15, -0.1) is 0 Å². The molecule has 0 saturated carbocycles. The van der Waals surface area contributed by atoms with Crippen LogP contribution in [0.5, 0.6) is 0 Å². The number of ether oxygens (including phenoxy) is 1. The maximum absolute atomic E-state index is 12.9. The zero-order valence-electron chi connectivity index (χ0n) is 21.7. The highest BCUT2D eigenvalue weighted by molar-refractivity contribution is 7.99. The fourth-order valence-corrected chi connectivity index (χ4v) is 5.39. The van der Waals surface area contributed by atoms with Crippen molar-refractivity contribution >= 4 is 35.5 Å². The Morgan fingerprint density at radius 1 is 1.22 bits per heavy atom. The molecule has 2 heterocycles. The Morgan fingerprint density at radius 3 is 2.54 bits per heavy atom. The van der Waals surface area contributed by atoms with E-state index in [1.165, 1.54) is 16.7 Å². The Kier molecular flexibility index (Phi) is 9.73. The number of ketones is 1. The second-order valence-electron chi connectivity index (χ2n) is 9.21. The number of hydrogen-bond acceptors (Lipinski definition) is 7. The normalized spacial score (nSPS) is 15.9. The van der Waals surface area contributed by atoms with Crippen LogP contribution in [0.15, 0.2) is 35.5 Å². The lowest BCUT2D eigenvalue weighted by atomic mass is 10.1. The third-order valence-electron chi connectivity index (χ3n) is 6.77. The summed E-state index contributed by atoms with van der Waals surface area (Å²) in [4.78, 5) is 50.9. The summed E-state index contributed by atoms with van der Waals surface area (Å²) in [5.41, 5.74) is 3.02. The number of thioether (sulfide) groups is 1. The van der Waals surface area contributed by atoms with Gasteiger partial charge in [0.05, 0.1) is 31.9 Å². The number of carbonyl (C=O) groups is 4. The summed E-state index contributed by atoms with van der Waals surface area (Å²) in [5, 5.41) is 15.1. The predicted octanol–water partition coefficient (Wildman–Crippen LogP) is 0.944. The number of nitrogens with one attached hydrogen (secondary N) is 1. The molecule has 11 heteroatoms. The number of carboxylic acid groups (broad SMARTS) is 1. The van der Waals surface area contributed by atoms with Crippen molar-refractivity contribution in [3.05, 3.63) is 47.3 Å². The molecule has 37 heavy (non-hydrogen) atoms. The zero-order valence-corrected chi connectivity index (χ0v) is 22.5. The number of aromatic nitrogens is 2. The lowest BCUT2D eigenvalue weighted by molar-refractivity contribution is -0.715. The standard InChI is InChI=1S/C26H34N4O6S/c1-17-18(2)29(4)25(28(17)3)37-16-20(31)12-13-21(24(33)34)27-23(32)22-11-8-14-30(22)26(35)36-15-19-9-6-5-7-10-19/h5-7,9-10,21-22H,8,11-16H2,1-4H3,(H-,27,32,33,34). The van der Waals surface area contributed by atoms with Gasteiger partial charge in [0, 0.05) is 26.8 Å². The van der Waals surface area contributed by atoms with E-state index < -0.39 is 30.1 Å². The number of likely N-dealkylation sites (tertiary alicyclic amines) is 1. The number of imidazole rings is 1. The fraction of sp³-hybridized carbons (Fsp3) is 0.500. The zero-order chi connectivity index (χ0) is 27.1. The second-order valence-corrected chi connectivity index (χ2v) is 10.2. The Morgan fingerprint density at radius 2 is 1.92 bits per heavy atom. The van der Waals surface area contributed by atoms with Crippen molar-refractivity contribution in [3.63, 3.8) is 0 Å². The van der Waals surface area contributed by atoms with Crippen LogP contribution in [0, 0.1) is 13.8 Å². The molecule has 2 unspecified atom stereocenters. The SMILES string of the molecule is Cc1c(C)[n+](C)c(SCC(=O)CCC(NC(=O)C2CCCN2C(=O)OCc2ccccc2)C(=O)[O-])n1C. The van der Waals surface area contributed by atoms with Crippen molar-refractivity contribution in [2.45, 2.75) is 63.4 Å². The highest BCUT2D eigenvalue weighted by atomic mass is 32.2. The molecular weight excluding hydrogens is 496 g/mol. The summed E-state index contributed by atoms with van der Waals surface area (Å²) in [6.45, 7) is 4.42. The molecule has 1 aliphatic rings. The minimum absolute atomic E-state index is 0.0223. The first-order valence-electron chi connectivity index (χ1n) is 12.2. The molecule has 2 aromatic rings. The fourth-order valence-electron chi connectivity index (χ4n) is 4.29. The Hall–Kier alpha value is -3.34. The first-order chi connectivity index (χ1) is 17.6. The lowest BCUT2D eigenvalue weighted by Crippen LogP contribution is -2.54. The first-order valence-corrected chi connectivity index (χ1v) is 13.2. The number of amides is 2. The molecule has 2 atom stereocenters. The molecule has 1 aliphatic heterocycles. The number of rotatable bonds is 11. The molecule has 0 aliphatic carbocycles. The molecule has 1 saturated heterocycles. The quantitative estimate of drug-likeness (QED) is 0.339. The average Bonchev–Trinajstić information content (AvgIpc) is 3.45. The number of carbonyl (C=O) groups excluding carboxylic acids is 4. The van der Waals surface area contributed by atoms with E-state index >= 15 is 0 Å². The smallest absolute Gasteiger partial charge is 0.410 e. The highest BCUT2D eigenvalue weighted by Gasteiger charge is 2.36. The Balaban J connectivity index is 1.50. The van der Waals surface area contributed by atoms with E-state index in [0.29, 0.717) is 19.4 Å². The van der Waals surface area contributed by atoms with Crippen LogP contribution in [0.4, 0.5) is 4.79 Å². The summed E-state index contributed by atoms with van der Waals surface area (Å²) in [6.07, 6.45) is 0.257. The van der Waals surface area contributed by atoms with Gasteiger partial charge in [-0.05, 0) is 36.6 Å². The first kappa shape index (κ1) is 28.2. The van der Waals surface area contributed by atoms with E-state index in [1.54, 1.807) is 0 Å². The van der Waals surface area contributed by atoms with Gasteiger partial charge in [0.25, 0.3) is 0 Å². The molecular formula is C26H34N4O6S. The predicted molar refractivity (Wildman–Crippen MR) is 134 cm³/mol. The van der Waals surface area contributed by atoms with E-state index in [4.69, 9.17) is 4.74 Å². The van der Waals surface area contributed by atoms with Crippen molar-refractivity contribution in [2.75, 3.05) is 12.3 Å². The Labute approximate surface area is 221 Å². The minimum atomic E-state index is -1.47. The topological polar surface area (TPSA) is 125 Å². The van der Waals surface area contributed by atoms with Gasteiger partial charge < -0.3 is 20.0 Å².